The summed E-state index contributed by atoms with van der Waals surface area (Å²) in [4.78, 5) is 11.7. The predicted molar refractivity (Wildman–Crippen MR) is 81.3 cm³/mol. The van der Waals surface area contributed by atoms with Gasteiger partial charge >= 0.3 is 0 Å². The molecule has 1 N–H and O–H groups in total. The fraction of sp³-hybridized carbons (Fsp3) is 0.500. The number of hydrogen-bond acceptors (Lipinski definition) is 3. The van der Waals surface area contributed by atoms with Crippen molar-refractivity contribution < 1.29 is 13.2 Å². The SMILES string of the molecule is Cc1ccccc1N(CCC(=O)NC(C)C)S(C)(=O)=O. The standard InChI is InChI=1S/C14H22N2O3S/c1-11(2)15-14(17)9-10-16(20(4,18)19)13-8-6-5-7-12(13)3/h5-8,11H,9-10H2,1-4H3,(H,15,17). The summed E-state index contributed by atoms with van der Waals surface area (Å²) in [5.74, 6) is -0.151. The number of carbonyl (C=O) groups is 1. The number of aryl methyl sites for hydroxylation is 1. The van der Waals surface area contributed by atoms with Gasteiger partial charge in [0, 0.05) is 19.0 Å². The molecule has 0 saturated heterocycles. The summed E-state index contributed by atoms with van der Waals surface area (Å²) in [5, 5.41) is 2.76. The van der Waals surface area contributed by atoms with Gasteiger partial charge in [0.05, 0.1) is 11.9 Å². The molecule has 0 aliphatic rings. The third-order valence-electron chi connectivity index (χ3n) is 2.78. The van der Waals surface area contributed by atoms with E-state index in [4.69, 9.17) is 0 Å². The molecule has 1 amide bonds. The third-order valence-corrected chi connectivity index (χ3v) is 3.96. The number of nitrogens with zero attached hydrogens (tertiary/aromatic N) is 1. The van der Waals surface area contributed by atoms with Crippen LogP contribution in [0.4, 0.5) is 5.69 Å². The van der Waals surface area contributed by atoms with E-state index in [2.05, 4.69) is 5.32 Å². The maximum absolute atomic E-state index is 11.9. The summed E-state index contributed by atoms with van der Waals surface area (Å²) in [5.41, 5.74) is 1.48. The lowest BCUT2D eigenvalue weighted by molar-refractivity contribution is -0.121. The monoisotopic (exact) mass is 298 g/mol. The molecule has 0 heterocycles. The fourth-order valence-electron chi connectivity index (χ4n) is 1.91. The number of amides is 1. The third kappa shape index (κ3) is 4.85. The van der Waals surface area contributed by atoms with E-state index >= 15 is 0 Å². The molecule has 20 heavy (non-hydrogen) atoms. The van der Waals surface area contributed by atoms with E-state index in [1.165, 1.54) is 4.31 Å². The molecule has 1 rings (SSSR count). The molecular formula is C14H22N2O3S. The molecule has 0 saturated carbocycles. The average Bonchev–Trinajstić information content (AvgIpc) is 2.29. The van der Waals surface area contributed by atoms with Crippen molar-refractivity contribution in [3.63, 3.8) is 0 Å². The first-order valence-corrected chi connectivity index (χ1v) is 8.39. The maximum Gasteiger partial charge on any atom is 0.232 e. The van der Waals surface area contributed by atoms with Crippen LogP contribution in [0.1, 0.15) is 25.8 Å². The zero-order valence-corrected chi connectivity index (χ0v) is 13.2. The van der Waals surface area contributed by atoms with E-state index in [1.807, 2.05) is 32.9 Å². The number of nitrogens with one attached hydrogen (secondary N) is 1. The Balaban J connectivity index is 2.88. The van der Waals surface area contributed by atoms with E-state index in [0.29, 0.717) is 5.69 Å². The number of carbonyl (C=O) groups excluding carboxylic acids is 1. The molecule has 0 radical (unpaired) electrons. The second-order valence-electron chi connectivity index (χ2n) is 5.09. The van der Waals surface area contributed by atoms with Crippen molar-refractivity contribution in [2.45, 2.75) is 33.2 Å². The first-order valence-electron chi connectivity index (χ1n) is 6.54. The van der Waals surface area contributed by atoms with Gasteiger partial charge in [-0.1, -0.05) is 18.2 Å². The van der Waals surface area contributed by atoms with Gasteiger partial charge < -0.3 is 5.32 Å². The summed E-state index contributed by atoms with van der Waals surface area (Å²) in [7, 11) is -3.41. The van der Waals surface area contributed by atoms with Crippen molar-refractivity contribution in [3.8, 4) is 0 Å². The lowest BCUT2D eigenvalue weighted by Gasteiger charge is -2.24. The molecule has 0 aliphatic carbocycles. The maximum atomic E-state index is 11.9. The molecular weight excluding hydrogens is 276 g/mol. The Labute approximate surface area is 121 Å². The molecule has 0 unspecified atom stereocenters. The highest BCUT2D eigenvalue weighted by molar-refractivity contribution is 7.92. The molecule has 0 bridgehead atoms. The van der Waals surface area contributed by atoms with Gasteiger partial charge in [-0.15, -0.1) is 0 Å². The smallest absolute Gasteiger partial charge is 0.232 e. The minimum absolute atomic E-state index is 0.0487. The van der Waals surface area contributed by atoms with Crippen LogP contribution in [-0.2, 0) is 14.8 Å². The molecule has 0 aliphatic heterocycles. The Hall–Kier alpha value is -1.56. The molecule has 0 aromatic heterocycles. The topological polar surface area (TPSA) is 66.5 Å². The highest BCUT2D eigenvalue weighted by Gasteiger charge is 2.19. The summed E-state index contributed by atoms with van der Waals surface area (Å²) < 4.78 is 25.1. The van der Waals surface area contributed by atoms with Crippen LogP contribution in [0.2, 0.25) is 0 Å². The van der Waals surface area contributed by atoms with E-state index in [0.717, 1.165) is 11.8 Å². The van der Waals surface area contributed by atoms with Crippen LogP contribution in [0.5, 0.6) is 0 Å². The van der Waals surface area contributed by atoms with Crippen LogP contribution in [-0.4, -0.2) is 33.2 Å². The van der Waals surface area contributed by atoms with Gasteiger partial charge in [0.2, 0.25) is 15.9 Å². The first kappa shape index (κ1) is 16.5. The van der Waals surface area contributed by atoms with Gasteiger partial charge in [-0.2, -0.15) is 0 Å². The summed E-state index contributed by atoms with van der Waals surface area (Å²) in [6, 6.07) is 7.28. The molecule has 0 fully saturated rings. The van der Waals surface area contributed by atoms with E-state index in [1.54, 1.807) is 12.1 Å². The number of rotatable bonds is 6. The second-order valence-corrected chi connectivity index (χ2v) is 7.00. The van der Waals surface area contributed by atoms with E-state index < -0.39 is 10.0 Å². The van der Waals surface area contributed by atoms with Gasteiger partial charge in [0.25, 0.3) is 0 Å². The fourth-order valence-corrected chi connectivity index (χ4v) is 2.89. The van der Waals surface area contributed by atoms with Crippen LogP contribution >= 0.6 is 0 Å². The lowest BCUT2D eigenvalue weighted by Crippen LogP contribution is -2.36. The molecule has 0 atom stereocenters. The van der Waals surface area contributed by atoms with Gasteiger partial charge in [-0.05, 0) is 32.4 Å². The van der Waals surface area contributed by atoms with Crippen molar-refractivity contribution >= 4 is 21.6 Å². The Morgan fingerprint density at radius 3 is 2.40 bits per heavy atom. The highest BCUT2D eigenvalue weighted by Crippen LogP contribution is 2.22. The van der Waals surface area contributed by atoms with Crippen molar-refractivity contribution in [1.82, 2.24) is 5.32 Å². The quantitative estimate of drug-likeness (QED) is 0.869. The van der Waals surface area contributed by atoms with E-state index in [9.17, 15) is 13.2 Å². The number of hydrogen-bond donors (Lipinski definition) is 1. The van der Waals surface area contributed by atoms with Crippen molar-refractivity contribution in [2.75, 3.05) is 17.1 Å². The molecule has 112 valence electrons. The summed E-state index contributed by atoms with van der Waals surface area (Å²) >= 11 is 0. The van der Waals surface area contributed by atoms with Crippen molar-refractivity contribution in [1.29, 1.82) is 0 Å². The Bertz CT molecular complexity index is 568. The lowest BCUT2D eigenvalue weighted by atomic mass is 10.2. The summed E-state index contributed by atoms with van der Waals surface area (Å²) in [6.07, 6.45) is 1.29. The number of para-hydroxylation sites is 1. The predicted octanol–water partition coefficient (Wildman–Crippen LogP) is 1.68. The first-order chi connectivity index (χ1) is 9.21. The Morgan fingerprint density at radius 2 is 1.90 bits per heavy atom. The molecule has 6 heteroatoms. The second kappa shape index (κ2) is 6.74. The Kier molecular flexibility index (Phi) is 5.56. The van der Waals surface area contributed by atoms with E-state index in [-0.39, 0.29) is 24.9 Å². The van der Waals surface area contributed by atoms with Crippen molar-refractivity contribution in [3.05, 3.63) is 29.8 Å². The Morgan fingerprint density at radius 1 is 1.30 bits per heavy atom. The zero-order chi connectivity index (χ0) is 15.3. The average molecular weight is 298 g/mol. The van der Waals surface area contributed by atoms with Crippen molar-refractivity contribution in [2.24, 2.45) is 0 Å². The molecule has 5 nitrogen and oxygen atoms in total. The minimum Gasteiger partial charge on any atom is -0.354 e. The largest absolute Gasteiger partial charge is 0.354 e. The van der Waals surface area contributed by atoms with Crippen LogP contribution < -0.4 is 9.62 Å². The minimum atomic E-state index is -3.41. The number of benzene rings is 1. The number of sulfonamides is 1. The summed E-state index contributed by atoms with van der Waals surface area (Å²) in [6.45, 7) is 5.73. The van der Waals surface area contributed by atoms with Gasteiger partial charge in [0.1, 0.15) is 0 Å². The molecule has 0 spiro atoms. The van der Waals surface area contributed by atoms with Gasteiger partial charge in [-0.3, -0.25) is 9.10 Å². The normalized spacial score (nSPS) is 11.4. The van der Waals surface area contributed by atoms with Crippen LogP contribution in [0, 0.1) is 6.92 Å². The van der Waals surface area contributed by atoms with Gasteiger partial charge in [-0.25, -0.2) is 8.42 Å². The van der Waals surface area contributed by atoms with Crippen LogP contribution in [0.15, 0.2) is 24.3 Å². The highest BCUT2D eigenvalue weighted by atomic mass is 32.2. The molecule has 1 aromatic carbocycles. The van der Waals surface area contributed by atoms with Crippen LogP contribution in [0.3, 0.4) is 0 Å². The number of anilines is 1. The van der Waals surface area contributed by atoms with Gasteiger partial charge in [0.15, 0.2) is 0 Å². The molecule has 1 aromatic rings. The van der Waals surface area contributed by atoms with Crippen LogP contribution in [0.25, 0.3) is 0 Å². The zero-order valence-electron chi connectivity index (χ0n) is 12.4.